The average molecular weight is 1230 g/mol. The molecule has 1 fully saturated rings. The fourth-order valence-corrected chi connectivity index (χ4v) is 10.5. The summed E-state index contributed by atoms with van der Waals surface area (Å²) in [7, 11) is 5.57. The SMILES string of the molecule is CCOCc1ccnn1Cc1ccc(C[C@H]2OC(=O)[C@H](CC(C)C)N(C)C(=O)[C@@H](C)OC(=O)[C@H](CC(C)C)N(C)C(=O)[C@@H](Cc3ccc(Cn4nccc4COCC)cc3)OC(=O)[C@H](CC(C)C)N(C)C(=O)[C@@H](C)OC(=O)[C@H](CC(C)C)N(C)C2=O)cc1. The molecule has 0 bridgehead atoms. The molecule has 22 nitrogen and oxygen atoms in total. The van der Waals surface area contributed by atoms with Crippen molar-refractivity contribution in [3.63, 3.8) is 0 Å². The first-order valence-corrected chi connectivity index (χ1v) is 30.8. The summed E-state index contributed by atoms with van der Waals surface area (Å²) < 4.78 is 39.2. The van der Waals surface area contributed by atoms with Gasteiger partial charge < -0.3 is 48.0 Å². The Morgan fingerprint density at radius 2 is 0.682 bits per heavy atom. The zero-order valence-electron chi connectivity index (χ0n) is 54.6. The normalized spacial score (nSPS) is 22.2. The van der Waals surface area contributed by atoms with Gasteiger partial charge >= 0.3 is 23.9 Å². The average Bonchev–Trinajstić information content (AvgIpc) is 4.31. The van der Waals surface area contributed by atoms with Crippen molar-refractivity contribution in [1.29, 1.82) is 0 Å². The summed E-state index contributed by atoms with van der Waals surface area (Å²) in [6, 6.07) is 13.3. The van der Waals surface area contributed by atoms with Crippen molar-refractivity contribution in [3.05, 3.63) is 107 Å². The minimum absolute atomic E-state index is 0.0718. The Labute approximate surface area is 519 Å². The third-order valence-corrected chi connectivity index (χ3v) is 15.5. The molecule has 4 amide bonds. The lowest BCUT2D eigenvalue weighted by Crippen LogP contribution is -2.55. The zero-order valence-corrected chi connectivity index (χ0v) is 54.6. The van der Waals surface area contributed by atoms with Crippen LogP contribution in [0.3, 0.4) is 0 Å². The Morgan fingerprint density at radius 3 is 0.966 bits per heavy atom. The Kier molecular flexibility index (Phi) is 27.4. The van der Waals surface area contributed by atoms with Crippen molar-refractivity contribution in [2.45, 2.75) is 196 Å². The van der Waals surface area contributed by atoms with E-state index in [1.54, 1.807) is 36.7 Å². The Hall–Kier alpha value is -7.46. The highest BCUT2D eigenvalue weighted by Gasteiger charge is 2.43. The summed E-state index contributed by atoms with van der Waals surface area (Å²) in [5, 5.41) is 8.91. The van der Waals surface area contributed by atoms with E-state index in [0.29, 0.717) is 50.6 Å². The molecule has 0 spiro atoms. The lowest BCUT2D eigenvalue weighted by molar-refractivity contribution is -0.176. The van der Waals surface area contributed by atoms with Gasteiger partial charge in [0.05, 0.1) is 37.7 Å². The number of hydrogen-bond donors (Lipinski definition) is 0. The molecule has 2 aromatic heterocycles. The van der Waals surface area contributed by atoms with Crippen LogP contribution < -0.4 is 0 Å². The van der Waals surface area contributed by atoms with Gasteiger partial charge in [0.1, 0.15) is 24.2 Å². The fourth-order valence-electron chi connectivity index (χ4n) is 10.5. The number of esters is 4. The second kappa shape index (κ2) is 33.8. The van der Waals surface area contributed by atoms with Crippen LogP contribution in [0.15, 0.2) is 73.1 Å². The number of nitrogens with zero attached hydrogens (tertiary/aromatic N) is 8. The molecule has 2 aromatic carbocycles. The number of hydrogen-bond acceptors (Lipinski definition) is 16. The lowest BCUT2D eigenvalue weighted by atomic mass is 9.99. The van der Waals surface area contributed by atoms with Gasteiger partial charge in [-0.15, -0.1) is 0 Å². The third kappa shape index (κ3) is 20.3. The van der Waals surface area contributed by atoms with Crippen LogP contribution in [0.5, 0.6) is 0 Å². The van der Waals surface area contributed by atoms with Crippen molar-refractivity contribution in [3.8, 4) is 0 Å². The van der Waals surface area contributed by atoms with Crippen LogP contribution in [0.2, 0.25) is 0 Å². The van der Waals surface area contributed by atoms with Crippen LogP contribution in [0.1, 0.15) is 142 Å². The molecule has 4 aromatic rings. The Morgan fingerprint density at radius 1 is 0.409 bits per heavy atom. The monoisotopic (exact) mass is 1220 g/mol. The summed E-state index contributed by atoms with van der Waals surface area (Å²) in [4.78, 5) is 123. The predicted molar refractivity (Wildman–Crippen MR) is 329 cm³/mol. The van der Waals surface area contributed by atoms with Gasteiger partial charge in [-0.3, -0.25) is 28.5 Å². The molecule has 1 saturated heterocycles. The molecular formula is C66H96N8O14. The largest absolute Gasteiger partial charge is 0.451 e. The first-order chi connectivity index (χ1) is 41.6. The van der Waals surface area contributed by atoms with Gasteiger partial charge in [-0.1, -0.05) is 104 Å². The van der Waals surface area contributed by atoms with Crippen LogP contribution in [-0.4, -0.2) is 177 Å². The Balaban J connectivity index is 1.57. The Bertz CT molecular complexity index is 2730. The van der Waals surface area contributed by atoms with E-state index in [9.17, 15) is 28.8 Å². The molecule has 0 saturated carbocycles. The fraction of sp³-hybridized carbons (Fsp3) is 0.606. The van der Waals surface area contributed by atoms with Crippen molar-refractivity contribution < 1.29 is 66.8 Å². The van der Waals surface area contributed by atoms with E-state index in [2.05, 4.69) is 10.2 Å². The number of benzene rings is 2. The number of ether oxygens (including phenoxy) is 6. The molecule has 1 aliphatic rings. The number of aromatic nitrogens is 4. The standard InChI is InChI=1S/C66H96N8O14/c1-17-83-39-51-27-29-67-73(51)37-49-23-19-47(20-24-49)35-57-61(77)71(15)53(31-41(3)4)63(79)85-46(12)60(76)70(14)56(34-44(9)10)66(82)88-58(36-48-21-25-50(26-22-48)38-74-52(28-30-68-74)40-84-18-2)62(78)72(16)54(32-42(5)6)64(80)86-45(11)59(75)69(13)55(33-43(7)8)65(81)87-57/h19-30,41-46,53-58H,17-18,31-40H2,1-16H3/t45-,46-,53+,54+,55+,56+,57-,58-/m1/s1. The molecule has 88 heavy (non-hydrogen) atoms. The topological polar surface area (TPSA) is 241 Å². The van der Waals surface area contributed by atoms with Crippen molar-refractivity contribution in [1.82, 2.24) is 39.2 Å². The maximum Gasteiger partial charge on any atom is 0.329 e. The second-order valence-electron chi connectivity index (χ2n) is 24.7. The highest BCUT2D eigenvalue weighted by molar-refractivity contribution is 5.94. The van der Waals surface area contributed by atoms with E-state index in [1.807, 2.05) is 115 Å². The third-order valence-electron chi connectivity index (χ3n) is 15.5. The van der Waals surface area contributed by atoms with Crippen molar-refractivity contribution in [2.24, 2.45) is 23.7 Å². The molecule has 3 heterocycles. The number of carbonyl (C=O) groups is 8. The van der Waals surface area contributed by atoms with Crippen LogP contribution >= 0.6 is 0 Å². The first-order valence-electron chi connectivity index (χ1n) is 30.8. The number of rotatable bonds is 22. The summed E-state index contributed by atoms with van der Waals surface area (Å²) in [6.07, 6.45) is -2.72. The molecule has 22 heteroatoms. The molecule has 0 aliphatic carbocycles. The number of likely N-dealkylation sites (N-methyl/N-ethyl adjacent to an activating group) is 4. The molecule has 1 aliphatic heterocycles. The number of amides is 4. The minimum atomic E-state index is -1.55. The maximum atomic E-state index is 15.1. The summed E-state index contributed by atoms with van der Waals surface area (Å²) in [5.74, 6) is -7.55. The number of cyclic esters (lactones) is 4. The molecule has 0 radical (unpaired) electrons. The molecule has 5 rings (SSSR count). The molecule has 8 atom stereocenters. The van der Waals surface area contributed by atoms with Gasteiger partial charge in [-0.25, -0.2) is 19.2 Å². The molecule has 0 N–H and O–H groups in total. The lowest BCUT2D eigenvalue weighted by Gasteiger charge is -2.35. The summed E-state index contributed by atoms with van der Waals surface area (Å²) >= 11 is 0. The second-order valence-corrected chi connectivity index (χ2v) is 24.7. The van der Waals surface area contributed by atoms with Gasteiger partial charge in [0.15, 0.2) is 24.4 Å². The van der Waals surface area contributed by atoms with Gasteiger partial charge in [-0.05, 0) is 111 Å². The zero-order chi connectivity index (χ0) is 65.1. The highest BCUT2D eigenvalue weighted by Crippen LogP contribution is 2.25. The minimum Gasteiger partial charge on any atom is -0.451 e. The van der Waals surface area contributed by atoms with E-state index in [0.717, 1.165) is 42.1 Å². The van der Waals surface area contributed by atoms with Gasteiger partial charge in [-0.2, -0.15) is 10.2 Å². The van der Waals surface area contributed by atoms with E-state index in [-0.39, 0.29) is 62.2 Å². The van der Waals surface area contributed by atoms with Crippen LogP contribution in [0.4, 0.5) is 0 Å². The quantitative estimate of drug-likeness (QED) is 0.0557. The van der Waals surface area contributed by atoms with Crippen LogP contribution in [0.25, 0.3) is 0 Å². The molecule has 484 valence electrons. The van der Waals surface area contributed by atoms with E-state index < -0.39 is 96.1 Å². The molecule has 0 unspecified atom stereocenters. The highest BCUT2D eigenvalue weighted by atomic mass is 16.6. The number of carbonyl (C=O) groups excluding carboxylic acids is 8. The van der Waals surface area contributed by atoms with Crippen LogP contribution in [-0.2, 0) is 106 Å². The predicted octanol–water partition coefficient (Wildman–Crippen LogP) is 7.23. The first kappa shape index (κ1) is 71.3. The van der Waals surface area contributed by atoms with Gasteiger partial charge in [0.2, 0.25) is 0 Å². The maximum absolute atomic E-state index is 15.1. The smallest absolute Gasteiger partial charge is 0.329 e. The van der Waals surface area contributed by atoms with Gasteiger partial charge in [0, 0.05) is 66.6 Å². The van der Waals surface area contributed by atoms with Crippen molar-refractivity contribution in [2.75, 3.05) is 41.4 Å². The van der Waals surface area contributed by atoms with Gasteiger partial charge in [0.25, 0.3) is 23.6 Å². The van der Waals surface area contributed by atoms with Crippen LogP contribution in [0, 0.1) is 23.7 Å². The van der Waals surface area contributed by atoms with E-state index in [4.69, 9.17) is 28.4 Å². The summed E-state index contributed by atoms with van der Waals surface area (Å²) in [6.45, 7) is 24.1. The molecular weight excluding hydrogens is 1130 g/mol. The van der Waals surface area contributed by atoms with E-state index >= 15 is 9.59 Å². The summed E-state index contributed by atoms with van der Waals surface area (Å²) in [5.41, 5.74) is 4.75. The van der Waals surface area contributed by atoms with E-state index in [1.165, 1.54) is 42.0 Å². The van der Waals surface area contributed by atoms with Crippen molar-refractivity contribution >= 4 is 47.5 Å².